The van der Waals surface area contributed by atoms with Crippen LogP contribution >= 0.6 is 0 Å². The van der Waals surface area contributed by atoms with E-state index in [1.54, 1.807) is 0 Å². The van der Waals surface area contributed by atoms with E-state index < -0.39 is 0 Å². The first-order chi connectivity index (χ1) is 12.5. The van der Waals surface area contributed by atoms with Gasteiger partial charge in [-0.1, -0.05) is 81.1 Å². The molecule has 2 aromatic carbocycles. The monoisotopic (exact) mass is 344 g/mol. The van der Waals surface area contributed by atoms with Crippen LogP contribution < -0.4 is 0 Å². The molecule has 2 nitrogen and oxygen atoms in total. The van der Waals surface area contributed by atoms with Gasteiger partial charge >= 0.3 is 0 Å². The van der Waals surface area contributed by atoms with Crippen LogP contribution in [-0.2, 0) is 5.41 Å². The Balaban J connectivity index is 2.28. The summed E-state index contributed by atoms with van der Waals surface area (Å²) in [6.07, 6.45) is 6.03. The van der Waals surface area contributed by atoms with Gasteiger partial charge in [0, 0.05) is 36.5 Å². The Morgan fingerprint density at radius 2 is 1.65 bits per heavy atom. The number of nitrogens with zero attached hydrogens (tertiary/aromatic N) is 2. The molecule has 2 rings (SSSR count). The van der Waals surface area contributed by atoms with E-state index in [2.05, 4.69) is 72.9 Å². The van der Waals surface area contributed by atoms with E-state index >= 15 is 0 Å². The highest BCUT2D eigenvalue weighted by Gasteiger charge is 2.24. The van der Waals surface area contributed by atoms with Crippen LogP contribution in [0.25, 0.3) is 5.57 Å². The molecule has 0 N–H and O–H groups in total. The molecular weight excluding hydrogens is 316 g/mol. The topological polar surface area (TPSA) is 24.7 Å². The van der Waals surface area contributed by atoms with Gasteiger partial charge in [-0.3, -0.25) is 9.98 Å². The van der Waals surface area contributed by atoms with Crippen molar-refractivity contribution in [1.82, 2.24) is 0 Å². The van der Waals surface area contributed by atoms with E-state index in [1.807, 2.05) is 44.5 Å². The van der Waals surface area contributed by atoms with Crippen LogP contribution in [0.4, 0.5) is 0 Å². The molecule has 2 aromatic rings. The zero-order valence-electron chi connectivity index (χ0n) is 16.2. The van der Waals surface area contributed by atoms with E-state index in [0.717, 1.165) is 29.0 Å². The van der Waals surface area contributed by atoms with Crippen molar-refractivity contribution in [3.63, 3.8) is 0 Å². The lowest BCUT2D eigenvalue weighted by atomic mass is 9.79. The first-order valence-corrected chi connectivity index (χ1v) is 8.99. The molecule has 0 radical (unpaired) electrons. The summed E-state index contributed by atoms with van der Waals surface area (Å²) in [6, 6.07) is 18.6. The third-order valence-electron chi connectivity index (χ3n) is 4.54. The Morgan fingerprint density at radius 1 is 1.00 bits per heavy atom. The summed E-state index contributed by atoms with van der Waals surface area (Å²) < 4.78 is 0. The normalized spacial score (nSPS) is 12.8. The van der Waals surface area contributed by atoms with Crippen molar-refractivity contribution in [2.45, 2.75) is 26.2 Å². The lowest BCUT2D eigenvalue weighted by molar-refractivity contribution is 0.719. The average Bonchev–Trinajstić information content (AvgIpc) is 2.67. The van der Waals surface area contributed by atoms with Gasteiger partial charge in [0.25, 0.3) is 0 Å². The van der Waals surface area contributed by atoms with Gasteiger partial charge < -0.3 is 0 Å². The number of hydrogen-bond acceptors (Lipinski definition) is 2. The lowest BCUT2D eigenvalue weighted by Gasteiger charge is -2.25. The standard InChI is InChI=1S/C24H28N2/c1-6-26-18-20-12-10-11-15-22(20)19(2)16-17-23(25-5)24(3,4)21-13-8-7-9-14-21/h7-18H,2,6H2,1,3-5H3/b17-16+,25-23+,26-18+. The minimum Gasteiger partial charge on any atom is -0.293 e. The fourth-order valence-electron chi connectivity index (χ4n) is 2.93. The maximum Gasteiger partial charge on any atom is 0.0445 e. The largest absolute Gasteiger partial charge is 0.293 e. The number of benzene rings is 2. The van der Waals surface area contributed by atoms with Gasteiger partial charge in [0.2, 0.25) is 0 Å². The Kier molecular flexibility index (Phi) is 6.85. The molecule has 26 heavy (non-hydrogen) atoms. The van der Waals surface area contributed by atoms with Crippen LogP contribution in [0.15, 0.2) is 83.3 Å². The molecule has 0 fully saturated rings. The lowest BCUT2D eigenvalue weighted by Crippen LogP contribution is -2.27. The predicted octanol–water partition coefficient (Wildman–Crippen LogP) is 5.74. The summed E-state index contributed by atoms with van der Waals surface area (Å²) in [6.45, 7) is 11.4. The van der Waals surface area contributed by atoms with Gasteiger partial charge in [-0.05, 0) is 29.7 Å². The van der Waals surface area contributed by atoms with E-state index in [4.69, 9.17) is 0 Å². The molecule has 0 aliphatic rings. The zero-order chi connectivity index (χ0) is 19.0. The fourth-order valence-corrected chi connectivity index (χ4v) is 2.93. The van der Waals surface area contributed by atoms with Crippen molar-refractivity contribution in [2.75, 3.05) is 13.6 Å². The highest BCUT2D eigenvalue weighted by atomic mass is 14.7. The number of aliphatic imine (C=N–C) groups is 2. The van der Waals surface area contributed by atoms with Crippen LogP contribution in [0.1, 0.15) is 37.5 Å². The van der Waals surface area contributed by atoms with Gasteiger partial charge in [-0.25, -0.2) is 0 Å². The van der Waals surface area contributed by atoms with Crippen molar-refractivity contribution in [2.24, 2.45) is 9.98 Å². The summed E-state index contributed by atoms with van der Waals surface area (Å²) in [7, 11) is 1.84. The maximum absolute atomic E-state index is 4.54. The molecule has 0 saturated carbocycles. The number of rotatable bonds is 7. The Bertz CT molecular complexity index is 824. The quantitative estimate of drug-likeness (QED) is 0.452. The Labute approximate surface area is 157 Å². The SMILES string of the molecule is C=C(/C=C/C(=N\C)C(C)(C)c1ccccc1)c1ccccc1/C=N/CC. The van der Waals surface area contributed by atoms with Crippen molar-refractivity contribution in [1.29, 1.82) is 0 Å². The van der Waals surface area contributed by atoms with Crippen LogP contribution in [0.5, 0.6) is 0 Å². The molecule has 2 heteroatoms. The molecule has 0 spiro atoms. The summed E-state index contributed by atoms with van der Waals surface area (Å²) in [5.41, 5.74) is 5.22. The van der Waals surface area contributed by atoms with Crippen LogP contribution in [0, 0.1) is 0 Å². The number of allylic oxidation sites excluding steroid dienone is 3. The molecule has 0 atom stereocenters. The van der Waals surface area contributed by atoms with E-state index in [1.165, 1.54) is 5.56 Å². The summed E-state index contributed by atoms with van der Waals surface area (Å²) >= 11 is 0. The molecule has 134 valence electrons. The molecule has 0 aromatic heterocycles. The second-order valence-corrected chi connectivity index (χ2v) is 6.67. The summed E-state index contributed by atoms with van der Waals surface area (Å²) in [5.74, 6) is 0. The van der Waals surface area contributed by atoms with Gasteiger partial charge in [-0.15, -0.1) is 0 Å². The summed E-state index contributed by atoms with van der Waals surface area (Å²) in [4.78, 5) is 8.90. The second-order valence-electron chi connectivity index (χ2n) is 6.67. The van der Waals surface area contributed by atoms with Crippen LogP contribution in [0.3, 0.4) is 0 Å². The highest BCUT2D eigenvalue weighted by molar-refractivity contribution is 6.04. The zero-order valence-corrected chi connectivity index (χ0v) is 16.2. The average molecular weight is 345 g/mol. The Morgan fingerprint density at radius 3 is 2.31 bits per heavy atom. The minimum absolute atomic E-state index is 0.171. The molecule has 0 aliphatic heterocycles. The Hall–Kier alpha value is -2.74. The van der Waals surface area contributed by atoms with Gasteiger partial charge in [0.1, 0.15) is 0 Å². The molecule has 0 unspecified atom stereocenters. The molecular formula is C24H28N2. The predicted molar refractivity (Wildman–Crippen MR) is 116 cm³/mol. The van der Waals surface area contributed by atoms with Crippen molar-refractivity contribution >= 4 is 17.5 Å². The van der Waals surface area contributed by atoms with Crippen molar-refractivity contribution < 1.29 is 0 Å². The first kappa shape index (κ1) is 19.6. The third kappa shape index (κ3) is 4.66. The molecule has 0 saturated heterocycles. The summed E-state index contributed by atoms with van der Waals surface area (Å²) in [5, 5.41) is 0. The fraction of sp³-hybridized carbons (Fsp3) is 0.250. The van der Waals surface area contributed by atoms with E-state index in [9.17, 15) is 0 Å². The smallest absolute Gasteiger partial charge is 0.0445 e. The van der Waals surface area contributed by atoms with Gasteiger partial charge in [0.05, 0.1) is 0 Å². The third-order valence-corrected chi connectivity index (χ3v) is 4.54. The highest BCUT2D eigenvalue weighted by Crippen LogP contribution is 2.26. The van der Waals surface area contributed by atoms with Crippen LogP contribution in [0.2, 0.25) is 0 Å². The molecule has 0 aliphatic carbocycles. The molecule has 0 heterocycles. The van der Waals surface area contributed by atoms with Crippen molar-refractivity contribution in [3.8, 4) is 0 Å². The number of hydrogen-bond donors (Lipinski definition) is 0. The van der Waals surface area contributed by atoms with Gasteiger partial charge in [-0.2, -0.15) is 0 Å². The minimum atomic E-state index is -0.171. The van der Waals surface area contributed by atoms with E-state index in [-0.39, 0.29) is 5.41 Å². The maximum atomic E-state index is 4.54. The van der Waals surface area contributed by atoms with Crippen molar-refractivity contribution in [3.05, 3.63) is 90.0 Å². The van der Waals surface area contributed by atoms with Crippen LogP contribution in [-0.4, -0.2) is 25.5 Å². The molecule has 0 bridgehead atoms. The first-order valence-electron chi connectivity index (χ1n) is 8.99. The second kappa shape index (κ2) is 9.10. The van der Waals surface area contributed by atoms with Gasteiger partial charge in [0.15, 0.2) is 0 Å². The van der Waals surface area contributed by atoms with E-state index in [0.29, 0.717) is 0 Å². The molecule has 0 amide bonds.